The second-order valence-electron chi connectivity index (χ2n) is 2.18. The Morgan fingerprint density at radius 1 is 1.69 bits per heavy atom. The summed E-state index contributed by atoms with van der Waals surface area (Å²) in [6.07, 6.45) is 0. The van der Waals surface area contributed by atoms with Crippen LogP contribution in [0, 0.1) is 0 Å². The van der Waals surface area contributed by atoms with Crippen molar-refractivity contribution in [3.8, 4) is 5.88 Å². The molecule has 0 radical (unpaired) electrons. The van der Waals surface area contributed by atoms with E-state index >= 15 is 0 Å². The summed E-state index contributed by atoms with van der Waals surface area (Å²) in [6, 6.07) is 2.66. The maximum atomic E-state index is 10.5. The van der Waals surface area contributed by atoms with E-state index in [9.17, 15) is 4.79 Å². The van der Waals surface area contributed by atoms with E-state index in [4.69, 9.17) is 10.5 Å². The van der Waals surface area contributed by atoms with E-state index in [1.165, 1.54) is 7.11 Å². The number of pyridine rings is 1. The maximum absolute atomic E-state index is 10.5. The molecule has 13 heavy (non-hydrogen) atoms. The molecule has 0 saturated carbocycles. The number of primary amides is 1. The molecule has 0 unspecified atom stereocenters. The van der Waals surface area contributed by atoms with Crippen LogP contribution in [0.25, 0.3) is 0 Å². The number of carbonyl (C=O) groups is 1. The van der Waals surface area contributed by atoms with Gasteiger partial charge in [-0.2, -0.15) is 0 Å². The van der Waals surface area contributed by atoms with E-state index in [0.717, 1.165) is 0 Å². The van der Waals surface area contributed by atoms with Crippen molar-refractivity contribution in [3.63, 3.8) is 0 Å². The van der Waals surface area contributed by atoms with Crippen LogP contribution >= 0.6 is 15.9 Å². The summed E-state index contributed by atoms with van der Waals surface area (Å²) < 4.78 is 5.54. The first-order valence-electron chi connectivity index (χ1n) is 3.40. The Labute approximate surface area is 83.4 Å². The van der Waals surface area contributed by atoms with E-state index in [1.807, 2.05) is 0 Å². The van der Waals surface area contributed by atoms with Crippen molar-refractivity contribution in [1.82, 2.24) is 4.98 Å². The van der Waals surface area contributed by atoms with Gasteiger partial charge in [-0.1, -0.05) is 0 Å². The number of nitrogens with zero attached hydrogens (tertiary/aromatic N) is 1. The number of urea groups is 1. The molecule has 0 atom stereocenters. The molecular formula is C7H8BrN3O2. The number of aromatic nitrogens is 1. The molecule has 0 fully saturated rings. The average Bonchev–Trinajstić information content (AvgIpc) is 2.07. The minimum Gasteiger partial charge on any atom is -0.479 e. The number of nitrogens with one attached hydrogen (secondary N) is 1. The zero-order valence-corrected chi connectivity index (χ0v) is 8.46. The van der Waals surface area contributed by atoms with Crippen molar-refractivity contribution < 1.29 is 9.53 Å². The van der Waals surface area contributed by atoms with Gasteiger partial charge < -0.3 is 15.8 Å². The lowest BCUT2D eigenvalue weighted by atomic mass is 10.4. The molecule has 0 saturated heterocycles. The van der Waals surface area contributed by atoms with E-state index < -0.39 is 6.03 Å². The minimum absolute atomic E-state index is 0.313. The molecule has 3 N–H and O–H groups in total. The summed E-state index contributed by atoms with van der Waals surface area (Å²) in [5, 5.41) is 2.38. The normalized spacial score (nSPS) is 9.38. The van der Waals surface area contributed by atoms with Gasteiger partial charge in [-0.05, 0) is 28.1 Å². The standard InChI is InChI=1S/C7H8BrN3O2/c1-13-6-4(10-7(9)12)2-3-5(8)11-6/h2-3H,1H3,(H3,9,10,12). The third-order valence-electron chi connectivity index (χ3n) is 1.28. The van der Waals surface area contributed by atoms with Gasteiger partial charge in [0.15, 0.2) is 0 Å². The van der Waals surface area contributed by atoms with E-state index in [1.54, 1.807) is 12.1 Å². The van der Waals surface area contributed by atoms with Gasteiger partial charge in [-0.25, -0.2) is 9.78 Å². The molecule has 0 bridgehead atoms. The van der Waals surface area contributed by atoms with Crippen LogP contribution in [-0.2, 0) is 0 Å². The number of ether oxygens (including phenoxy) is 1. The van der Waals surface area contributed by atoms with E-state index in [2.05, 4.69) is 26.2 Å². The number of halogens is 1. The Bertz CT molecular complexity index is 330. The molecule has 1 aromatic rings. The monoisotopic (exact) mass is 245 g/mol. The highest BCUT2D eigenvalue weighted by Crippen LogP contribution is 2.23. The van der Waals surface area contributed by atoms with Crippen LogP contribution < -0.4 is 15.8 Å². The first-order chi connectivity index (χ1) is 6.13. The summed E-state index contributed by atoms with van der Waals surface area (Å²) in [7, 11) is 1.46. The second-order valence-corrected chi connectivity index (χ2v) is 2.99. The zero-order valence-electron chi connectivity index (χ0n) is 6.87. The number of amides is 2. The third-order valence-corrected chi connectivity index (χ3v) is 1.72. The SMILES string of the molecule is COc1nc(Br)ccc1NC(N)=O. The Hall–Kier alpha value is -1.30. The minimum atomic E-state index is -0.651. The van der Waals surface area contributed by atoms with Crippen molar-refractivity contribution >= 4 is 27.6 Å². The molecule has 1 rings (SSSR count). The average molecular weight is 246 g/mol. The lowest BCUT2D eigenvalue weighted by molar-refractivity contribution is 0.259. The highest BCUT2D eigenvalue weighted by molar-refractivity contribution is 9.10. The van der Waals surface area contributed by atoms with Gasteiger partial charge in [0.05, 0.1) is 7.11 Å². The summed E-state index contributed by atoms with van der Waals surface area (Å²) in [4.78, 5) is 14.5. The Kier molecular flexibility index (Phi) is 3.07. The van der Waals surface area contributed by atoms with Gasteiger partial charge in [0.2, 0.25) is 5.88 Å². The summed E-state index contributed by atoms with van der Waals surface area (Å²) in [5.41, 5.74) is 5.38. The predicted molar refractivity (Wildman–Crippen MR) is 51.7 cm³/mol. The molecule has 70 valence electrons. The van der Waals surface area contributed by atoms with Gasteiger partial charge >= 0.3 is 6.03 Å². The molecule has 0 aliphatic rings. The van der Waals surface area contributed by atoms with Gasteiger partial charge in [0.1, 0.15) is 10.3 Å². The first-order valence-corrected chi connectivity index (χ1v) is 4.20. The van der Waals surface area contributed by atoms with Crippen molar-refractivity contribution in [2.45, 2.75) is 0 Å². The molecule has 0 aliphatic carbocycles. The van der Waals surface area contributed by atoms with Gasteiger partial charge in [-0.15, -0.1) is 0 Å². The first kappa shape index (κ1) is 9.79. The van der Waals surface area contributed by atoms with Gasteiger partial charge in [-0.3, -0.25) is 0 Å². The lowest BCUT2D eigenvalue weighted by Gasteiger charge is -2.06. The van der Waals surface area contributed by atoms with Crippen molar-refractivity contribution in [3.05, 3.63) is 16.7 Å². The molecule has 1 heterocycles. The molecular weight excluding hydrogens is 238 g/mol. The highest BCUT2D eigenvalue weighted by atomic mass is 79.9. The van der Waals surface area contributed by atoms with E-state index in [-0.39, 0.29) is 0 Å². The molecule has 6 heteroatoms. The summed E-state index contributed by atoms with van der Waals surface area (Å²) >= 11 is 3.17. The highest BCUT2D eigenvalue weighted by Gasteiger charge is 2.06. The topological polar surface area (TPSA) is 77.2 Å². The Morgan fingerprint density at radius 2 is 2.38 bits per heavy atom. The molecule has 1 aromatic heterocycles. The zero-order chi connectivity index (χ0) is 9.84. The fourth-order valence-corrected chi connectivity index (χ4v) is 1.09. The largest absolute Gasteiger partial charge is 0.479 e. The molecule has 5 nitrogen and oxygen atoms in total. The van der Waals surface area contributed by atoms with Crippen LogP contribution in [0.4, 0.5) is 10.5 Å². The third kappa shape index (κ3) is 2.59. The van der Waals surface area contributed by atoms with Crippen molar-refractivity contribution in [1.29, 1.82) is 0 Å². The van der Waals surface area contributed by atoms with Crippen LogP contribution in [0.5, 0.6) is 5.88 Å². The van der Waals surface area contributed by atoms with Crippen LogP contribution in [-0.4, -0.2) is 18.1 Å². The maximum Gasteiger partial charge on any atom is 0.316 e. The number of anilines is 1. The number of hydrogen-bond acceptors (Lipinski definition) is 3. The number of carbonyl (C=O) groups excluding carboxylic acids is 1. The van der Waals surface area contributed by atoms with Crippen molar-refractivity contribution in [2.75, 3.05) is 12.4 Å². The fraction of sp³-hybridized carbons (Fsp3) is 0.143. The molecule has 2 amide bonds. The van der Waals surface area contributed by atoms with Crippen LogP contribution in [0.15, 0.2) is 16.7 Å². The number of nitrogens with two attached hydrogens (primary N) is 1. The Balaban J connectivity index is 2.99. The quantitative estimate of drug-likeness (QED) is 0.773. The number of methoxy groups -OCH3 is 1. The summed E-state index contributed by atoms with van der Waals surface area (Å²) in [6.45, 7) is 0. The number of rotatable bonds is 2. The van der Waals surface area contributed by atoms with Gasteiger partial charge in [0, 0.05) is 0 Å². The van der Waals surface area contributed by atoms with E-state index in [0.29, 0.717) is 16.2 Å². The lowest BCUT2D eigenvalue weighted by Crippen LogP contribution is -2.19. The Morgan fingerprint density at radius 3 is 2.92 bits per heavy atom. The van der Waals surface area contributed by atoms with Crippen LogP contribution in [0.2, 0.25) is 0 Å². The smallest absolute Gasteiger partial charge is 0.316 e. The molecule has 0 spiro atoms. The molecule has 0 aliphatic heterocycles. The summed E-state index contributed by atoms with van der Waals surface area (Å²) in [5.74, 6) is 0.313. The van der Waals surface area contributed by atoms with Crippen LogP contribution in [0.3, 0.4) is 0 Å². The number of hydrogen-bond donors (Lipinski definition) is 2. The fourth-order valence-electron chi connectivity index (χ4n) is 0.801. The van der Waals surface area contributed by atoms with Gasteiger partial charge in [0.25, 0.3) is 0 Å². The van der Waals surface area contributed by atoms with Crippen LogP contribution in [0.1, 0.15) is 0 Å². The molecule has 0 aromatic carbocycles. The predicted octanol–water partition coefficient (Wildman–Crippen LogP) is 1.34. The second kappa shape index (κ2) is 4.08. The van der Waals surface area contributed by atoms with Crippen molar-refractivity contribution in [2.24, 2.45) is 5.73 Å².